The molecular formula is C25H22N2O3S. The lowest BCUT2D eigenvalue weighted by Crippen LogP contribution is -2.30. The van der Waals surface area contributed by atoms with Gasteiger partial charge >= 0.3 is 0 Å². The Morgan fingerprint density at radius 2 is 1.61 bits per heavy atom. The van der Waals surface area contributed by atoms with Gasteiger partial charge in [-0.05, 0) is 53.7 Å². The molecule has 0 bridgehead atoms. The molecule has 1 amide bonds. The van der Waals surface area contributed by atoms with Gasteiger partial charge < -0.3 is 14.4 Å². The first-order valence-electron chi connectivity index (χ1n) is 9.82. The van der Waals surface area contributed by atoms with Gasteiger partial charge in [0.25, 0.3) is 5.91 Å². The lowest BCUT2D eigenvalue weighted by Gasteiger charge is -2.16. The van der Waals surface area contributed by atoms with Crippen LogP contribution >= 0.6 is 12.2 Å². The zero-order valence-corrected chi connectivity index (χ0v) is 18.1. The highest BCUT2D eigenvalue weighted by molar-refractivity contribution is 7.80. The number of amides is 1. The number of likely N-dealkylation sites (N-methyl/N-ethyl adjacent to an activating group) is 1. The first kappa shape index (κ1) is 20.6. The standard InChI is InChI=1S/C25H22N2O3S/c1-26-21(24(28)27(25(26)31)20-11-7-4-8-12-20)15-19-13-14-22(23(16-19)29-2)30-17-18-9-5-3-6-10-18/h3-16H,17H2,1-2H3. The summed E-state index contributed by atoms with van der Waals surface area (Å²) >= 11 is 5.51. The monoisotopic (exact) mass is 430 g/mol. The average molecular weight is 431 g/mol. The van der Waals surface area contributed by atoms with Crippen LogP contribution in [0.2, 0.25) is 0 Å². The molecule has 1 aliphatic heterocycles. The Morgan fingerprint density at radius 3 is 2.29 bits per heavy atom. The summed E-state index contributed by atoms with van der Waals surface area (Å²) in [6, 6.07) is 24.9. The fourth-order valence-corrected chi connectivity index (χ4v) is 3.63. The first-order valence-corrected chi connectivity index (χ1v) is 10.2. The molecule has 156 valence electrons. The molecule has 1 heterocycles. The maximum atomic E-state index is 13.1. The molecule has 0 saturated carbocycles. The number of anilines is 1. The van der Waals surface area contributed by atoms with E-state index in [2.05, 4.69) is 0 Å². The number of ether oxygens (including phenoxy) is 2. The zero-order chi connectivity index (χ0) is 21.8. The third-order valence-electron chi connectivity index (χ3n) is 5.00. The molecular weight excluding hydrogens is 408 g/mol. The summed E-state index contributed by atoms with van der Waals surface area (Å²) in [4.78, 5) is 16.3. The fourth-order valence-electron chi connectivity index (χ4n) is 3.35. The van der Waals surface area contributed by atoms with Crippen molar-refractivity contribution >= 4 is 35.0 Å². The molecule has 0 N–H and O–H groups in total. The van der Waals surface area contributed by atoms with Crippen LogP contribution in [0.3, 0.4) is 0 Å². The summed E-state index contributed by atoms with van der Waals surface area (Å²) in [6.07, 6.45) is 1.81. The fraction of sp³-hybridized carbons (Fsp3) is 0.120. The van der Waals surface area contributed by atoms with E-state index >= 15 is 0 Å². The largest absolute Gasteiger partial charge is 0.493 e. The van der Waals surface area contributed by atoms with E-state index in [0.717, 1.165) is 16.8 Å². The molecule has 0 spiro atoms. The van der Waals surface area contributed by atoms with Crippen molar-refractivity contribution in [2.24, 2.45) is 0 Å². The van der Waals surface area contributed by atoms with E-state index in [9.17, 15) is 4.79 Å². The van der Waals surface area contributed by atoms with Crippen molar-refractivity contribution in [3.8, 4) is 11.5 Å². The van der Waals surface area contributed by atoms with Gasteiger partial charge in [0.05, 0.1) is 12.8 Å². The lowest BCUT2D eigenvalue weighted by molar-refractivity contribution is -0.114. The van der Waals surface area contributed by atoms with E-state index in [0.29, 0.717) is 28.9 Å². The number of carbonyl (C=O) groups excluding carboxylic acids is 1. The second-order valence-electron chi connectivity index (χ2n) is 7.03. The molecule has 1 saturated heterocycles. The molecule has 5 nitrogen and oxygen atoms in total. The summed E-state index contributed by atoms with van der Waals surface area (Å²) in [5.74, 6) is 1.07. The molecule has 3 aromatic rings. The van der Waals surface area contributed by atoms with Gasteiger partial charge in [0.15, 0.2) is 16.6 Å². The number of nitrogens with zero attached hydrogens (tertiary/aromatic N) is 2. The van der Waals surface area contributed by atoms with E-state index in [1.54, 1.807) is 25.1 Å². The van der Waals surface area contributed by atoms with Crippen LogP contribution in [0.15, 0.2) is 84.6 Å². The summed E-state index contributed by atoms with van der Waals surface area (Å²) in [7, 11) is 3.39. The van der Waals surface area contributed by atoms with Gasteiger partial charge in [0.2, 0.25) is 0 Å². The molecule has 6 heteroatoms. The quantitative estimate of drug-likeness (QED) is 0.412. The number of para-hydroxylation sites is 1. The van der Waals surface area contributed by atoms with Crippen molar-refractivity contribution in [1.29, 1.82) is 0 Å². The van der Waals surface area contributed by atoms with Gasteiger partial charge in [-0.3, -0.25) is 9.69 Å². The van der Waals surface area contributed by atoms with Crippen molar-refractivity contribution in [3.63, 3.8) is 0 Å². The van der Waals surface area contributed by atoms with Crippen LogP contribution in [0, 0.1) is 0 Å². The number of rotatable bonds is 6. The second kappa shape index (κ2) is 9.02. The summed E-state index contributed by atoms with van der Waals surface area (Å²) in [6.45, 7) is 0.444. The zero-order valence-electron chi connectivity index (χ0n) is 17.3. The molecule has 0 unspecified atom stereocenters. The second-order valence-corrected chi connectivity index (χ2v) is 7.40. The molecule has 1 aliphatic rings. The summed E-state index contributed by atoms with van der Waals surface area (Å²) in [5.41, 5.74) is 3.13. The number of hydrogen-bond donors (Lipinski definition) is 0. The van der Waals surface area contributed by atoms with Crippen molar-refractivity contribution < 1.29 is 14.3 Å². The van der Waals surface area contributed by atoms with E-state index in [1.807, 2.05) is 78.9 Å². The lowest BCUT2D eigenvalue weighted by atomic mass is 10.1. The van der Waals surface area contributed by atoms with Gasteiger partial charge in [-0.1, -0.05) is 54.6 Å². The van der Waals surface area contributed by atoms with Crippen LogP contribution in [0.4, 0.5) is 5.69 Å². The van der Waals surface area contributed by atoms with Gasteiger partial charge in [-0.15, -0.1) is 0 Å². The number of methoxy groups -OCH3 is 1. The Bertz CT molecular complexity index is 1130. The predicted octanol–water partition coefficient (Wildman–Crippen LogP) is 4.88. The average Bonchev–Trinajstić information content (AvgIpc) is 3.02. The highest BCUT2D eigenvalue weighted by Crippen LogP contribution is 2.32. The molecule has 0 aliphatic carbocycles. The van der Waals surface area contributed by atoms with E-state index in [4.69, 9.17) is 21.7 Å². The molecule has 31 heavy (non-hydrogen) atoms. The predicted molar refractivity (Wildman–Crippen MR) is 126 cm³/mol. The van der Waals surface area contributed by atoms with Crippen molar-refractivity contribution in [1.82, 2.24) is 4.90 Å². The van der Waals surface area contributed by atoms with Crippen LogP contribution in [-0.4, -0.2) is 30.1 Å². The molecule has 3 aromatic carbocycles. The minimum Gasteiger partial charge on any atom is -0.493 e. The Morgan fingerprint density at radius 1 is 0.935 bits per heavy atom. The highest BCUT2D eigenvalue weighted by Gasteiger charge is 2.36. The Kier molecular flexibility index (Phi) is 6.00. The number of benzene rings is 3. The topological polar surface area (TPSA) is 42.0 Å². The molecule has 0 atom stereocenters. The summed E-state index contributed by atoms with van der Waals surface area (Å²) in [5, 5.41) is 0.442. The van der Waals surface area contributed by atoms with Crippen LogP contribution in [-0.2, 0) is 11.4 Å². The minimum absolute atomic E-state index is 0.165. The van der Waals surface area contributed by atoms with E-state index in [-0.39, 0.29) is 5.91 Å². The maximum absolute atomic E-state index is 13.1. The Balaban J connectivity index is 1.58. The molecule has 0 radical (unpaired) electrons. The molecule has 0 aromatic heterocycles. The molecule has 4 rings (SSSR count). The Hall–Kier alpha value is -3.64. The van der Waals surface area contributed by atoms with E-state index < -0.39 is 0 Å². The van der Waals surface area contributed by atoms with Gasteiger partial charge in [0, 0.05) is 7.05 Å². The third kappa shape index (κ3) is 4.29. The van der Waals surface area contributed by atoms with Crippen LogP contribution < -0.4 is 14.4 Å². The summed E-state index contributed by atoms with van der Waals surface area (Å²) < 4.78 is 11.4. The van der Waals surface area contributed by atoms with Crippen molar-refractivity contribution in [2.75, 3.05) is 19.1 Å². The van der Waals surface area contributed by atoms with Crippen LogP contribution in [0.5, 0.6) is 11.5 Å². The number of hydrogen-bond acceptors (Lipinski definition) is 4. The van der Waals surface area contributed by atoms with E-state index in [1.165, 1.54) is 4.90 Å². The SMILES string of the molecule is COc1cc(C=C2C(=O)N(c3ccccc3)C(=S)N2C)ccc1OCc1ccccc1. The Labute approximate surface area is 187 Å². The number of carbonyl (C=O) groups is 1. The van der Waals surface area contributed by atoms with Crippen LogP contribution in [0.1, 0.15) is 11.1 Å². The normalized spacial score (nSPS) is 15.0. The smallest absolute Gasteiger partial charge is 0.281 e. The van der Waals surface area contributed by atoms with Crippen molar-refractivity contribution in [3.05, 3.63) is 95.7 Å². The minimum atomic E-state index is -0.165. The third-order valence-corrected chi connectivity index (χ3v) is 5.46. The van der Waals surface area contributed by atoms with Gasteiger partial charge in [-0.25, -0.2) is 0 Å². The highest BCUT2D eigenvalue weighted by atomic mass is 32.1. The van der Waals surface area contributed by atoms with Gasteiger partial charge in [-0.2, -0.15) is 0 Å². The first-order chi connectivity index (χ1) is 15.1. The van der Waals surface area contributed by atoms with Gasteiger partial charge in [0.1, 0.15) is 12.3 Å². The molecule has 1 fully saturated rings. The van der Waals surface area contributed by atoms with Crippen LogP contribution in [0.25, 0.3) is 6.08 Å². The maximum Gasteiger partial charge on any atom is 0.281 e. The number of thiocarbonyl (C=S) groups is 1. The van der Waals surface area contributed by atoms with Crippen molar-refractivity contribution in [2.45, 2.75) is 6.61 Å².